The third-order valence-electron chi connectivity index (χ3n) is 7.41. The molecule has 8 nitrogen and oxygen atoms in total. The summed E-state index contributed by atoms with van der Waals surface area (Å²) in [6.45, 7) is 1.61. The molecule has 1 aromatic heterocycles. The van der Waals surface area contributed by atoms with Crippen LogP contribution in [-0.2, 0) is 22.6 Å². The van der Waals surface area contributed by atoms with Crippen LogP contribution in [0.25, 0.3) is 11.3 Å². The number of nitrogens with two attached hydrogens (primary N) is 1. The molecule has 2 aliphatic rings. The van der Waals surface area contributed by atoms with Crippen molar-refractivity contribution in [2.45, 2.75) is 69.8 Å². The molecule has 3 aromatic rings. The van der Waals surface area contributed by atoms with Gasteiger partial charge in [0.15, 0.2) is 11.6 Å². The Morgan fingerprint density at radius 3 is 2.69 bits per heavy atom. The number of nitrogens with one attached hydrogen (secondary N) is 3. The Morgan fingerprint density at radius 1 is 1.13 bits per heavy atom. The predicted molar refractivity (Wildman–Crippen MR) is 151 cm³/mol. The lowest BCUT2D eigenvalue weighted by Crippen LogP contribution is -2.50. The molecule has 1 aliphatic heterocycles. The Morgan fingerprint density at radius 2 is 1.92 bits per heavy atom. The second kappa shape index (κ2) is 12.7. The monoisotopic (exact) mass is 552 g/mol. The summed E-state index contributed by atoms with van der Waals surface area (Å²) < 4.78 is 19.8. The zero-order valence-corrected chi connectivity index (χ0v) is 22.5. The van der Waals surface area contributed by atoms with E-state index in [2.05, 4.69) is 25.9 Å². The fraction of sp³-hybridized carbons (Fsp3) is 0.414. The highest BCUT2D eigenvalue weighted by Crippen LogP contribution is 2.25. The fourth-order valence-corrected chi connectivity index (χ4v) is 5.36. The standard InChI is InChI=1S/C29H34ClFN6O2/c30-23-6-3-7-24(31)22(23)16-36-28-27(32)35-17-26(37-28)19-10-8-18(9-11-19)15-34-20-12-13-33-25(14-20)29(38)39-21-4-1-2-5-21/h3,6-11,17,20-21,25,33-34H,1-2,4-5,12-16H2,(H2,32,35)(H,36,37). The lowest BCUT2D eigenvalue weighted by Gasteiger charge is -2.30. The first-order chi connectivity index (χ1) is 19.0. The minimum atomic E-state index is -0.397. The number of piperidine rings is 1. The highest BCUT2D eigenvalue weighted by Gasteiger charge is 2.30. The van der Waals surface area contributed by atoms with E-state index in [1.807, 2.05) is 24.3 Å². The smallest absolute Gasteiger partial charge is 0.323 e. The molecule has 10 heteroatoms. The Kier molecular flexibility index (Phi) is 8.91. The van der Waals surface area contributed by atoms with Gasteiger partial charge in [-0.3, -0.25) is 4.79 Å². The van der Waals surface area contributed by atoms with E-state index >= 15 is 0 Å². The zero-order chi connectivity index (χ0) is 27.2. The van der Waals surface area contributed by atoms with Gasteiger partial charge in [-0.05, 0) is 62.8 Å². The van der Waals surface area contributed by atoms with Crippen molar-refractivity contribution < 1.29 is 13.9 Å². The topological polar surface area (TPSA) is 114 Å². The van der Waals surface area contributed by atoms with Crippen LogP contribution >= 0.6 is 11.6 Å². The van der Waals surface area contributed by atoms with Crippen LogP contribution in [0.2, 0.25) is 5.02 Å². The quantitative estimate of drug-likeness (QED) is 0.279. The van der Waals surface area contributed by atoms with Crippen molar-refractivity contribution >= 4 is 29.2 Å². The lowest BCUT2D eigenvalue weighted by molar-refractivity contribution is -0.152. The number of hydrogen-bond donors (Lipinski definition) is 4. The van der Waals surface area contributed by atoms with Gasteiger partial charge < -0.3 is 26.4 Å². The number of hydrogen-bond acceptors (Lipinski definition) is 8. The predicted octanol–water partition coefficient (Wildman–Crippen LogP) is 4.83. The first-order valence-electron chi connectivity index (χ1n) is 13.5. The number of rotatable bonds is 9. The Balaban J connectivity index is 1.15. The maximum Gasteiger partial charge on any atom is 0.323 e. The molecule has 2 atom stereocenters. The summed E-state index contributed by atoms with van der Waals surface area (Å²) in [6.07, 6.45) is 7.65. The van der Waals surface area contributed by atoms with Gasteiger partial charge in [0.2, 0.25) is 0 Å². The van der Waals surface area contributed by atoms with Crippen molar-refractivity contribution in [2.24, 2.45) is 0 Å². The third-order valence-corrected chi connectivity index (χ3v) is 7.77. The second-order valence-electron chi connectivity index (χ2n) is 10.2. The number of ether oxygens (including phenoxy) is 1. The minimum Gasteiger partial charge on any atom is -0.461 e. The molecule has 5 N–H and O–H groups in total. The Hall–Kier alpha value is -3.27. The van der Waals surface area contributed by atoms with Gasteiger partial charge in [-0.1, -0.05) is 41.9 Å². The average Bonchev–Trinajstić information content (AvgIpc) is 3.46. The number of halogens is 2. The van der Waals surface area contributed by atoms with E-state index < -0.39 is 5.82 Å². The fourth-order valence-electron chi connectivity index (χ4n) is 5.13. The number of carbonyl (C=O) groups is 1. The second-order valence-corrected chi connectivity index (χ2v) is 10.6. The van der Waals surface area contributed by atoms with Crippen LogP contribution in [-0.4, -0.2) is 40.7 Å². The van der Waals surface area contributed by atoms with E-state index in [1.165, 1.54) is 6.07 Å². The van der Waals surface area contributed by atoms with Crippen LogP contribution < -0.4 is 21.7 Å². The molecule has 1 saturated carbocycles. The van der Waals surface area contributed by atoms with Crippen molar-refractivity contribution in [3.05, 3.63) is 70.6 Å². The van der Waals surface area contributed by atoms with Gasteiger partial charge in [0.25, 0.3) is 0 Å². The normalized spacial score (nSPS) is 19.6. The molecule has 0 spiro atoms. The highest BCUT2D eigenvalue weighted by atomic mass is 35.5. The molecule has 2 aromatic carbocycles. The number of esters is 1. The number of nitrogen functional groups attached to an aromatic ring is 1. The third kappa shape index (κ3) is 7.03. The Bertz CT molecular complexity index is 1270. The van der Waals surface area contributed by atoms with Crippen LogP contribution in [0.15, 0.2) is 48.7 Å². The van der Waals surface area contributed by atoms with E-state index in [9.17, 15) is 9.18 Å². The summed E-state index contributed by atoms with van der Waals surface area (Å²) in [5.74, 6) is 0.0723. The number of nitrogens with zero attached hydrogens (tertiary/aromatic N) is 2. The van der Waals surface area contributed by atoms with Crippen molar-refractivity contribution in [1.29, 1.82) is 0 Å². The molecular formula is C29H34ClFN6O2. The van der Waals surface area contributed by atoms with Crippen molar-refractivity contribution in [3.8, 4) is 11.3 Å². The first kappa shape index (κ1) is 27.3. The van der Waals surface area contributed by atoms with Gasteiger partial charge in [-0.2, -0.15) is 0 Å². The molecule has 1 saturated heterocycles. The minimum absolute atomic E-state index is 0.0918. The number of carbonyl (C=O) groups excluding carboxylic acids is 1. The number of aromatic nitrogens is 2. The van der Waals surface area contributed by atoms with E-state index in [1.54, 1.807) is 18.3 Å². The van der Waals surface area contributed by atoms with E-state index in [-0.39, 0.29) is 36.5 Å². The van der Waals surface area contributed by atoms with E-state index in [0.717, 1.165) is 56.2 Å². The zero-order valence-electron chi connectivity index (χ0n) is 21.8. The van der Waals surface area contributed by atoms with Gasteiger partial charge in [-0.25, -0.2) is 14.4 Å². The molecule has 39 heavy (non-hydrogen) atoms. The molecule has 0 amide bonds. The molecule has 0 bridgehead atoms. The van der Waals surface area contributed by atoms with Crippen LogP contribution in [0.4, 0.5) is 16.0 Å². The highest BCUT2D eigenvalue weighted by molar-refractivity contribution is 6.31. The van der Waals surface area contributed by atoms with Crippen molar-refractivity contribution in [3.63, 3.8) is 0 Å². The van der Waals surface area contributed by atoms with Crippen molar-refractivity contribution in [2.75, 3.05) is 17.6 Å². The molecule has 206 valence electrons. The first-order valence-corrected chi connectivity index (χ1v) is 13.9. The maximum atomic E-state index is 14.1. The molecule has 5 rings (SSSR count). The van der Waals surface area contributed by atoms with Crippen molar-refractivity contribution in [1.82, 2.24) is 20.6 Å². The van der Waals surface area contributed by atoms with Gasteiger partial charge in [0.05, 0.1) is 11.9 Å². The van der Waals surface area contributed by atoms with Crippen LogP contribution in [0, 0.1) is 5.82 Å². The number of benzene rings is 2. The number of anilines is 2. The average molecular weight is 553 g/mol. The van der Waals surface area contributed by atoms with Crippen LogP contribution in [0.5, 0.6) is 0 Å². The van der Waals surface area contributed by atoms with Crippen LogP contribution in [0.3, 0.4) is 0 Å². The van der Waals surface area contributed by atoms with E-state index in [4.69, 9.17) is 22.1 Å². The van der Waals surface area contributed by atoms with Gasteiger partial charge in [0, 0.05) is 35.3 Å². The molecule has 2 fully saturated rings. The molecule has 2 unspecified atom stereocenters. The molecular weight excluding hydrogens is 519 g/mol. The maximum absolute atomic E-state index is 14.1. The van der Waals surface area contributed by atoms with E-state index in [0.29, 0.717) is 28.6 Å². The summed E-state index contributed by atoms with van der Waals surface area (Å²) >= 11 is 6.13. The summed E-state index contributed by atoms with van der Waals surface area (Å²) in [4.78, 5) is 21.4. The summed E-state index contributed by atoms with van der Waals surface area (Å²) in [5.41, 5.74) is 9.00. The summed E-state index contributed by atoms with van der Waals surface area (Å²) in [6, 6.07) is 12.6. The molecule has 2 heterocycles. The Labute approximate surface area is 232 Å². The summed E-state index contributed by atoms with van der Waals surface area (Å²) in [5, 5.41) is 10.3. The van der Waals surface area contributed by atoms with Gasteiger partial charge in [0.1, 0.15) is 18.0 Å². The SMILES string of the molecule is Nc1ncc(-c2ccc(CNC3CCNC(C(=O)OC4CCCC4)C3)cc2)nc1NCc1c(F)cccc1Cl. The summed E-state index contributed by atoms with van der Waals surface area (Å²) in [7, 11) is 0. The lowest BCUT2D eigenvalue weighted by atomic mass is 9.99. The van der Waals surface area contributed by atoms with Gasteiger partial charge >= 0.3 is 5.97 Å². The largest absolute Gasteiger partial charge is 0.461 e. The van der Waals surface area contributed by atoms with Crippen LogP contribution in [0.1, 0.15) is 49.7 Å². The van der Waals surface area contributed by atoms with Gasteiger partial charge in [-0.15, -0.1) is 0 Å². The molecule has 0 radical (unpaired) electrons. The molecule has 1 aliphatic carbocycles.